The summed E-state index contributed by atoms with van der Waals surface area (Å²) in [4.78, 5) is 14.0. The Morgan fingerprint density at radius 2 is 1.80 bits per heavy atom. The van der Waals surface area contributed by atoms with E-state index < -0.39 is 6.23 Å². The van der Waals surface area contributed by atoms with Crippen LogP contribution in [0.1, 0.15) is 74.1 Å². The molecule has 118 valence electrons. The summed E-state index contributed by atoms with van der Waals surface area (Å²) >= 11 is 0. The van der Waals surface area contributed by atoms with Gasteiger partial charge in [0.05, 0.1) is 0 Å². The first kappa shape index (κ1) is 17.5. The zero-order chi connectivity index (χ0) is 15.8. The normalized spacial score (nSPS) is 24.1. The summed E-state index contributed by atoms with van der Waals surface area (Å²) in [5.41, 5.74) is 0.212. The molecule has 1 rings (SSSR count). The van der Waals surface area contributed by atoms with E-state index in [0.717, 1.165) is 12.8 Å². The van der Waals surface area contributed by atoms with E-state index in [-0.39, 0.29) is 22.2 Å². The number of rotatable bonds is 5. The Labute approximate surface area is 124 Å². The fourth-order valence-electron chi connectivity index (χ4n) is 3.48. The first-order valence-electron chi connectivity index (χ1n) is 7.85. The van der Waals surface area contributed by atoms with Gasteiger partial charge in [0.25, 0.3) is 0 Å². The van der Waals surface area contributed by atoms with Crippen molar-refractivity contribution < 1.29 is 9.90 Å². The number of carbonyl (C=O) groups excluding carboxylic acids is 1. The van der Waals surface area contributed by atoms with Crippen molar-refractivity contribution in [3.05, 3.63) is 0 Å². The van der Waals surface area contributed by atoms with Crippen LogP contribution in [0.2, 0.25) is 0 Å². The molecular weight excluding hydrogens is 250 g/mol. The largest absolute Gasteiger partial charge is 0.374 e. The molecule has 0 spiro atoms. The van der Waals surface area contributed by atoms with Gasteiger partial charge in [-0.25, -0.2) is 0 Å². The van der Waals surface area contributed by atoms with E-state index in [1.807, 2.05) is 0 Å². The first-order valence-corrected chi connectivity index (χ1v) is 7.85. The lowest BCUT2D eigenvalue weighted by Crippen LogP contribution is -2.52. The lowest BCUT2D eigenvalue weighted by Gasteiger charge is -2.45. The molecule has 1 amide bonds. The van der Waals surface area contributed by atoms with E-state index in [1.165, 1.54) is 0 Å². The van der Waals surface area contributed by atoms with Crippen LogP contribution >= 0.6 is 0 Å². The molecule has 0 radical (unpaired) electrons. The van der Waals surface area contributed by atoms with Crippen LogP contribution < -0.4 is 0 Å². The van der Waals surface area contributed by atoms with Crippen LogP contribution in [0.15, 0.2) is 0 Å². The number of hydrogen-bond acceptors (Lipinski definition) is 2. The van der Waals surface area contributed by atoms with Gasteiger partial charge >= 0.3 is 0 Å². The summed E-state index contributed by atoms with van der Waals surface area (Å²) in [6.07, 6.45) is 2.76. The van der Waals surface area contributed by atoms with Crippen molar-refractivity contribution in [2.24, 2.45) is 16.2 Å². The molecule has 3 nitrogen and oxygen atoms in total. The summed E-state index contributed by atoms with van der Waals surface area (Å²) in [7, 11) is 0. The fourth-order valence-corrected chi connectivity index (χ4v) is 3.48. The van der Waals surface area contributed by atoms with Crippen molar-refractivity contribution in [3.63, 3.8) is 0 Å². The predicted octanol–water partition coefficient (Wildman–Crippen LogP) is 3.81. The Balaban J connectivity index is 2.74. The Morgan fingerprint density at radius 1 is 1.25 bits per heavy atom. The number of amides is 1. The third-order valence-corrected chi connectivity index (χ3v) is 4.56. The van der Waals surface area contributed by atoms with E-state index in [4.69, 9.17) is 0 Å². The van der Waals surface area contributed by atoms with Gasteiger partial charge in [0.2, 0.25) is 5.91 Å². The van der Waals surface area contributed by atoms with Gasteiger partial charge < -0.3 is 10.0 Å². The summed E-state index contributed by atoms with van der Waals surface area (Å²) in [6.45, 7) is 15.9. The third kappa shape index (κ3) is 4.76. The highest BCUT2D eigenvalue weighted by atomic mass is 16.3. The second-order valence-electron chi connectivity index (χ2n) is 8.91. The van der Waals surface area contributed by atoms with Gasteiger partial charge in [-0.15, -0.1) is 0 Å². The molecule has 1 fully saturated rings. The van der Waals surface area contributed by atoms with Gasteiger partial charge in [0, 0.05) is 13.0 Å². The molecule has 1 saturated heterocycles. The van der Waals surface area contributed by atoms with Crippen molar-refractivity contribution in [1.82, 2.24) is 4.90 Å². The standard InChI is InChI=1S/C17H33NO2/c1-8-15(2,3)11-17(6,7)12-18-13(19)9-16(4,5)10-14(18)20/h13,19H,8-12H2,1-7H3. The second kappa shape index (κ2) is 5.67. The zero-order valence-electron chi connectivity index (χ0n) is 14.4. The van der Waals surface area contributed by atoms with E-state index in [9.17, 15) is 9.90 Å². The maximum absolute atomic E-state index is 12.3. The Morgan fingerprint density at radius 3 is 2.25 bits per heavy atom. The van der Waals surface area contributed by atoms with Crippen LogP contribution in [-0.4, -0.2) is 28.7 Å². The molecule has 1 unspecified atom stereocenters. The zero-order valence-corrected chi connectivity index (χ0v) is 14.4. The van der Waals surface area contributed by atoms with E-state index in [1.54, 1.807) is 4.90 Å². The number of nitrogens with zero attached hydrogens (tertiary/aromatic N) is 1. The number of aliphatic hydroxyl groups is 1. The molecule has 1 aliphatic rings. The lowest BCUT2D eigenvalue weighted by atomic mass is 9.72. The minimum absolute atomic E-state index is 0.0254. The number of piperidine rings is 1. The summed E-state index contributed by atoms with van der Waals surface area (Å²) < 4.78 is 0. The molecule has 0 bridgehead atoms. The fraction of sp³-hybridized carbons (Fsp3) is 0.941. The Kier molecular flexibility index (Phi) is 4.95. The minimum Gasteiger partial charge on any atom is -0.374 e. The highest BCUT2D eigenvalue weighted by Gasteiger charge is 2.40. The SMILES string of the molecule is CCC(C)(C)CC(C)(C)CN1C(=O)CC(C)(C)CC1O. The molecule has 3 heteroatoms. The molecule has 20 heavy (non-hydrogen) atoms. The van der Waals surface area contributed by atoms with Gasteiger partial charge in [0.1, 0.15) is 6.23 Å². The van der Waals surface area contributed by atoms with Crippen molar-refractivity contribution in [2.75, 3.05) is 6.54 Å². The van der Waals surface area contributed by atoms with Crippen LogP contribution in [-0.2, 0) is 4.79 Å². The highest BCUT2D eigenvalue weighted by Crippen LogP contribution is 2.39. The van der Waals surface area contributed by atoms with E-state index in [2.05, 4.69) is 48.5 Å². The maximum Gasteiger partial charge on any atom is 0.225 e. The maximum atomic E-state index is 12.3. The second-order valence-corrected chi connectivity index (χ2v) is 8.91. The smallest absolute Gasteiger partial charge is 0.225 e. The van der Waals surface area contributed by atoms with Crippen molar-refractivity contribution in [1.29, 1.82) is 0 Å². The quantitative estimate of drug-likeness (QED) is 0.833. The van der Waals surface area contributed by atoms with E-state index >= 15 is 0 Å². The topological polar surface area (TPSA) is 40.5 Å². The van der Waals surface area contributed by atoms with Crippen LogP contribution in [0.3, 0.4) is 0 Å². The van der Waals surface area contributed by atoms with Gasteiger partial charge in [-0.05, 0) is 29.1 Å². The van der Waals surface area contributed by atoms with Crippen LogP contribution in [0.4, 0.5) is 0 Å². The average molecular weight is 283 g/mol. The summed E-state index contributed by atoms with van der Waals surface area (Å²) in [5, 5.41) is 10.3. The number of carbonyl (C=O) groups is 1. The van der Waals surface area contributed by atoms with Crippen molar-refractivity contribution in [3.8, 4) is 0 Å². The summed E-state index contributed by atoms with van der Waals surface area (Å²) in [5.74, 6) is 0.0936. The van der Waals surface area contributed by atoms with Crippen LogP contribution in [0.25, 0.3) is 0 Å². The number of aliphatic hydroxyl groups excluding tert-OH is 1. The third-order valence-electron chi connectivity index (χ3n) is 4.56. The molecule has 0 aromatic carbocycles. The number of hydrogen-bond donors (Lipinski definition) is 1. The van der Waals surface area contributed by atoms with Crippen molar-refractivity contribution in [2.45, 2.75) is 80.4 Å². The minimum atomic E-state index is -0.629. The van der Waals surface area contributed by atoms with Crippen LogP contribution in [0, 0.1) is 16.2 Å². The van der Waals surface area contributed by atoms with Crippen LogP contribution in [0.5, 0.6) is 0 Å². The lowest BCUT2D eigenvalue weighted by molar-refractivity contribution is -0.158. The first-order chi connectivity index (χ1) is 8.87. The average Bonchev–Trinajstić information content (AvgIpc) is 2.21. The molecule has 0 aromatic heterocycles. The van der Waals surface area contributed by atoms with E-state index in [0.29, 0.717) is 19.4 Å². The van der Waals surface area contributed by atoms with Gasteiger partial charge in [-0.2, -0.15) is 0 Å². The molecule has 1 N–H and O–H groups in total. The molecule has 1 atom stereocenters. The number of likely N-dealkylation sites (tertiary alicyclic amines) is 1. The van der Waals surface area contributed by atoms with Gasteiger partial charge in [-0.3, -0.25) is 4.79 Å². The van der Waals surface area contributed by atoms with Crippen molar-refractivity contribution >= 4 is 5.91 Å². The molecular formula is C17H33NO2. The molecule has 0 saturated carbocycles. The molecule has 1 heterocycles. The van der Waals surface area contributed by atoms with Gasteiger partial charge in [-0.1, -0.05) is 54.9 Å². The monoisotopic (exact) mass is 283 g/mol. The predicted molar refractivity (Wildman–Crippen MR) is 83.2 cm³/mol. The molecule has 0 aromatic rings. The Hall–Kier alpha value is -0.570. The Bertz CT molecular complexity index is 358. The molecule has 1 aliphatic heterocycles. The van der Waals surface area contributed by atoms with Gasteiger partial charge in [0.15, 0.2) is 0 Å². The highest BCUT2D eigenvalue weighted by molar-refractivity contribution is 5.78. The molecule has 0 aliphatic carbocycles. The summed E-state index contributed by atoms with van der Waals surface area (Å²) in [6, 6.07) is 0.